The van der Waals surface area contributed by atoms with Gasteiger partial charge in [-0.05, 0) is 42.8 Å². The van der Waals surface area contributed by atoms with Crippen molar-refractivity contribution in [3.8, 4) is 11.5 Å². The van der Waals surface area contributed by atoms with E-state index >= 15 is 0 Å². The van der Waals surface area contributed by atoms with Gasteiger partial charge >= 0.3 is 5.97 Å². The summed E-state index contributed by atoms with van der Waals surface area (Å²) in [5, 5.41) is 15.3. The Balaban J connectivity index is 1.62. The Morgan fingerprint density at radius 3 is 2.36 bits per heavy atom. The summed E-state index contributed by atoms with van der Waals surface area (Å²) >= 11 is 0. The number of carbonyl (C=O) groups is 3. The summed E-state index contributed by atoms with van der Waals surface area (Å²) in [5.74, 6) is -1.82. The van der Waals surface area contributed by atoms with E-state index in [1.54, 1.807) is 24.3 Å². The molecule has 0 radical (unpaired) electrons. The topological polar surface area (TPSA) is 114 Å². The predicted octanol–water partition coefficient (Wildman–Crippen LogP) is 3.69. The number of anilines is 1. The summed E-state index contributed by atoms with van der Waals surface area (Å²) in [6.45, 7) is 1.26. The second-order valence-electron chi connectivity index (χ2n) is 7.16. The highest BCUT2D eigenvalue weighted by atomic mass is 16.5. The number of aromatic hydroxyl groups is 1. The Morgan fingerprint density at radius 2 is 1.64 bits per heavy atom. The van der Waals surface area contributed by atoms with E-state index in [1.165, 1.54) is 25.3 Å². The van der Waals surface area contributed by atoms with Gasteiger partial charge in [0.25, 0.3) is 11.8 Å². The van der Waals surface area contributed by atoms with E-state index < -0.39 is 18.5 Å². The molecule has 0 fully saturated rings. The first-order valence-electron chi connectivity index (χ1n) is 10.2. The maximum absolute atomic E-state index is 12.8. The van der Waals surface area contributed by atoms with Crippen LogP contribution in [0.4, 0.5) is 5.69 Å². The standard InChI is InChI=1S/C25H24N2O6/c1-16(17-8-4-3-5-9-17)26-24(30)19-10-6-7-11-21(19)27-23(29)15-33-25(31)20-14-18(32-2)12-13-22(20)28/h3-14,16,28H,15H2,1-2H3,(H,26,30)(H,27,29). The molecule has 3 N–H and O–H groups in total. The molecule has 1 unspecified atom stereocenters. The zero-order chi connectivity index (χ0) is 23.8. The number of nitrogens with one attached hydrogen (secondary N) is 2. The first kappa shape index (κ1) is 23.3. The van der Waals surface area contributed by atoms with Gasteiger partial charge in [-0.1, -0.05) is 42.5 Å². The summed E-state index contributed by atoms with van der Waals surface area (Å²) in [6.07, 6.45) is 0. The number of phenolic OH excluding ortho intramolecular Hbond substituents is 1. The number of hydrogen-bond acceptors (Lipinski definition) is 6. The molecule has 0 aliphatic rings. The molecule has 3 aromatic rings. The fraction of sp³-hybridized carbons (Fsp3) is 0.160. The van der Waals surface area contributed by atoms with Gasteiger partial charge in [-0.2, -0.15) is 0 Å². The quantitative estimate of drug-likeness (QED) is 0.453. The molecule has 0 aliphatic heterocycles. The highest BCUT2D eigenvalue weighted by Crippen LogP contribution is 2.23. The molecule has 8 nitrogen and oxygen atoms in total. The zero-order valence-corrected chi connectivity index (χ0v) is 18.2. The number of benzene rings is 3. The number of hydrogen-bond donors (Lipinski definition) is 3. The maximum atomic E-state index is 12.8. The molecule has 0 heterocycles. The van der Waals surface area contributed by atoms with Crippen LogP contribution in [0.5, 0.6) is 11.5 Å². The second kappa shape index (κ2) is 10.8. The number of esters is 1. The molecule has 33 heavy (non-hydrogen) atoms. The third-order valence-corrected chi connectivity index (χ3v) is 4.85. The fourth-order valence-corrected chi connectivity index (χ4v) is 3.09. The van der Waals surface area contributed by atoms with E-state index in [4.69, 9.17) is 9.47 Å². The Labute approximate surface area is 191 Å². The fourth-order valence-electron chi connectivity index (χ4n) is 3.09. The van der Waals surface area contributed by atoms with E-state index in [0.29, 0.717) is 5.75 Å². The molecule has 3 rings (SSSR count). The molecule has 0 aromatic heterocycles. The predicted molar refractivity (Wildman–Crippen MR) is 122 cm³/mol. The molecule has 0 saturated heterocycles. The third kappa shape index (κ3) is 6.10. The normalized spacial score (nSPS) is 11.2. The molecular formula is C25H24N2O6. The zero-order valence-electron chi connectivity index (χ0n) is 18.2. The molecule has 2 amide bonds. The van der Waals surface area contributed by atoms with Gasteiger partial charge in [-0.3, -0.25) is 9.59 Å². The lowest BCUT2D eigenvalue weighted by Gasteiger charge is -2.16. The van der Waals surface area contributed by atoms with Crippen LogP contribution in [-0.4, -0.2) is 36.6 Å². The van der Waals surface area contributed by atoms with Gasteiger partial charge < -0.3 is 25.2 Å². The third-order valence-electron chi connectivity index (χ3n) is 4.85. The average molecular weight is 448 g/mol. The summed E-state index contributed by atoms with van der Waals surface area (Å²) < 4.78 is 10.0. The van der Waals surface area contributed by atoms with Crippen molar-refractivity contribution in [2.45, 2.75) is 13.0 Å². The van der Waals surface area contributed by atoms with E-state index in [0.717, 1.165) is 5.56 Å². The van der Waals surface area contributed by atoms with Crippen molar-refractivity contribution < 1.29 is 29.0 Å². The molecular weight excluding hydrogens is 424 g/mol. The number of ether oxygens (including phenoxy) is 2. The van der Waals surface area contributed by atoms with E-state index in [1.807, 2.05) is 37.3 Å². The van der Waals surface area contributed by atoms with Crippen molar-refractivity contribution in [2.24, 2.45) is 0 Å². The lowest BCUT2D eigenvalue weighted by Crippen LogP contribution is -2.28. The molecule has 1 atom stereocenters. The minimum Gasteiger partial charge on any atom is -0.507 e. The van der Waals surface area contributed by atoms with Crippen LogP contribution in [0.3, 0.4) is 0 Å². The van der Waals surface area contributed by atoms with Crippen molar-refractivity contribution in [3.05, 3.63) is 89.5 Å². The summed E-state index contributed by atoms with van der Waals surface area (Å²) in [4.78, 5) is 37.4. The van der Waals surface area contributed by atoms with E-state index in [-0.39, 0.29) is 34.5 Å². The van der Waals surface area contributed by atoms with Crippen LogP contribution in [0.25, 0.3) is 0 Å². The molecule has 0 saturated carbocycles. The number of para-hydroxylation sites is 1. The maximum Gasteiger partial charge on any atom is 0.342 e. The Hall–Kier alpha value is -4.33. The van der Waals surface area contributed by atoms with Crippen LogP contribution < -0.4 is 15.4 Å². The Morgan fingerprint density at radius 1 is 0.939 bits per heavy atom. The van der Waals surface area contributed by atoms with Gasteiger partial charge in [0.05, 0.1) is 24.4 Å². The number of phenols is 1. The number of methoxy groups -OCH3 is 1. The molecule has 3 aromatic carbocycles. The van der Waals surface area contributed by atoms with Crippen molar-refractivity contribution in [2.75, 3.05) is 19.0 Å². The van der Waals surface area contributed by atoms with Crippen LogP contribution in [-0.2, 0) is 9.53 Å². The Bertz CT molecular complexity index is 1150. The van der Waals surface area contributed by atoms with Crippen LogP contribution in [0, 0.1) is 0 Å². The highest BCUT2D eigenvalue weighted by molar-refractivity contribution is 6.04. The van der Waals surface area contributed by atoms with Crippen LogP contribution in [0.1, 0.15) is 39.2 Å². The largest absolute Gasteiger partial charge is 0.507 e. The first-order chi connectivity index (χ1) is 15.9. The SMILES string of the molecule is COc1ccc(O)c(C(=O)OCC(=O)Nc2ccccc2C(=O)NC(C)c2ccccc2)c1. The lowest BCUT2D eigenvalue weighted by atomic mass is 10.1. The average Bonchev–Trinajstić information content (AvgIpc) is 2.83. The van der Waals surface area contributed by atoms with Gasteiger partial charge in [0.2, 0.25) is 0 Å². The minimum absolute atomic E-state index is 0.128. The van der Waals surface area contributed by atoms with Gasteiger partial charge in [0, 0.05) is 0 Å². The van der Waals surface area contributed by atoms with Gasteiger partial charge in [0.15, 0.2) is 6.61 Å². The van der Waals surface area contributed by atoms with Gasteiger partial charge in [-0.25, -0.2) is 4.79 Å². The Kier molecular flexibility index (Phi) is 7.64. The van der Waals surface area contributed by atoms with Gasteiger partial charge in [0.1, 0.15) is 17.1 Å². The molecule has 8 heteroatoms. The van der Waals surface area contributed by atoms with Crippen molar-refractivity contribution in [1.82, 2.24) is 5.32 Å². The highest BCUT2D eigenvalue weighted by Gasteiger charge is 2.18. The first-order valence-corrected chi connectivity index (χ1v) is 10.2. The number of rotatable bonds is 8. The smallest absolute Gasteiger partial charge is 0.342 e. The summed E-state index contributed by atoms with van der Waals surface area (Å²) in [6, 6.07) is 19.9. The summed E-state index contributed by atoms with van der Waals surface area (Å²) in [7, 11) is 1.42. The van der Waals surface area contributed by atoms with Crippen molar-refractivity contribution in [3.63, 3.8) is 0 Å². The van der Waals surface area contributed by atoms with E-state index in [9.17, 15) is 19.5 Å². The van der Waals surface area contributed by atoms with E-state index in [2.05, 4.69) is 10.6 Å². The molecule has 170 valence electrons. The van der Waals surface area contributed by atoms with Crippen molar-refractivity contribution in [1.29, 1.82) is 0 Å². The van der Waals surface area contributed by atoms with Crippen LogP contribution in [0.2, 0.25) is 0 Å². The number of carbonyl (C=O) groups excluding carboxylic acids is 3. The number of amides is 2. The minimum atomic E-state index is -0.885. The second-order valence-corrected chi connectivity index (χ2v) is 7.16. The summed E-state index contributed by atoms with van der Waals surface area (Å²) in [5.41, 5.74) is 1.36. The monoisotopic (exact) mass is 448 g/mol. The van der Waals surface area contributed by atoms with Crippen LogP contribution in [0.15, 0.2) is 72.8 Å². The van der Waals surface area contributed by atoms with Crippen LogP contribution >= 0.6 is 0 Å². The lowest BCUT2D eigenvalue weighted by molar-refractivity contribution is -0.119. The van der Waals surface area contributed by atoms with Gasteiger partial charge in [-0.15, -0.1) is 0 Å². The molecule has 0 bridgehead atoms. The molecule has 0 aliphatic carbocycles. The molecule has 0 spiro atoms. The van der Waals surface area contributed by atoms with Crippen molar-refractivity contribution >= 4 is 23.5 Å².